The second-order valence-electron chi connectivity index (χ2n) is 16.9. The lowest BCUT2D eigenvalue weighted by atomic mass is 9.81. The standard InChI is InChI=1S/C57H38N2OS/c1-57(2)46-23-10-6-19-40(46)41-29-27-35(31-47(41)57)54-55-43-21-7-11-24-48(43)59(49(55)34-51-56(54)44-22-8-12-25-50(44)60-51)38-18-14-17-37(32-38)58(36-15-4-3-5-16-36)39-28-30-53-45(33-39)42-20-9-13-26-52(42)61-53/h3-34H,1-2H3. The summed E-state index contributed by atoms with van der Waals surface area (Å²) in [6, 6.07) is 71.1. The van der Waals surface area contributed by atoms with Crippen molar-refractivity contribution in [3.8, 4) is 27.9 Å². The summed E-state index contributed by atoms with van der Waals surface area (Å²) in [5.74, 6) is 0. The number of fused-ring (bicyclic) bond motifs is 12. The molecule has 12 aromatic rings. The average Bonchev–Trinajstić information content (AvgIpc) is 4.03. The number of para-hydroxylation sites is 3. The van der Waals surface area contributed by atoms with Crippen molar-refractivity contribution < 1.29 is 4.42 Å². The van der Waals surface area contributed by atoms with Crippen LogP contribution in [-0.4, -0.2) is 4.57 Å². The van der Waals surface area contributed by atoms with E-state index in [0.717, 1.165) is 55.7 Å². The fourth-order valence-corrected chi connectivity index (χ4v) is 11.5. The molecule has 0 bridgehead atoms. The van der Waals surface area contributed by atoms with Crippen molar-refractivity contribution in [1.29, 1.82) is 0 Å². The molecule has 9 aromatic carbocycles. The van der Waals surface area contributed by atoms with Gasteiger partial charge in [0, 0.05) is 81.5 Å². The van der Waals surface area contributed by atoms with Gasteiger partial charge in [0.25, 0.3) is 0 Å². The number of thiophene rings is 1. The lowest BCUT2D eigenvalue weighted by Crippen LogP contribution is -2.14. The van der Waals surface area contributed by atoms with Crippen LogP contribution in [-0.2, 0) is 5.41 Å². The molecular weight excluding hydrogens is 761 g/mol. The number of nitrogens with zero attached hydrogens (tertiary/aromatic N) is 2. The van der Waals surface area contributed by atoms with Gasteiger partial charge in [0.15, 0.2) is 0 Å². The number of hydrogen-bond acceptors (Lipinski definition) is 3. The van der Waals surface area contributed by atoms with Crippen LogP contribution in [0, 0.1) is 0 Å². The van der Waals surface area contributed by atoms with Crippen LogP contribution < -0.4 is 4.90 Å². The number of benzene rings is 9. The zero-order chi connectivity index (χ0) is 40.4. The number of rotatable bonds is 5. The van der Waals surface area contributed by atoms with E-state index in [1.54, 1.807) is 0 Å². The molecule has 0 saturated heterocycles. The molecule has 0 amide bonds. The Hall–Kier alpha value is -7.40. The minimum Gasteiger partial charge on any atom is -0.456 e. The van der Waals surface area contributed by atoms with Crippen LogP contribution in [0.5, 0.6) is 0 Å². The maximum Gasteiger partial charge on any atom is 0.138 e. The zero-order valence-electron chi connectivity index (χ0n) is 33.7. The Balaban J connectivity index is 1.07. The molecule has 3 heterocycles. The van der Waals surface area contributed by atoms with E-state index < -0.39 is 0 Å². The largest absolute Gasteiger partial charge is 0.456 e. The van der Waals surface area contributed by atoms with Crippen molar-refractivity contribution in [2.24, 2.45) is 0 Å². The molecule has 1 aliphatic carbocycles. The Bertz CT molecular complexity index is 3750. The molecule has 1 aliphatic rings. The summed E-state index contributed by atoms with van der Waals surface area (Å²) >= 11 is 1.85. The molecule has 61 heavy (non-hydrogen) atoms. The van der Waals surface area contributed by atoms with Gasteiger partial charge in [0.05, 0.1) is 11.0 Å². The fraction of sp³-hybridized carbons (Fsp3) is 0.0526. The highest BCUT2D eigenvalue weighted by molar-refractivity contribution is 7.25. The van der Waals surface area contributed by atoms with Crippen LogP contribution in [0.4, 0.5) is 17.1 Å². The van der Waals surface area contributed by atoms with Gasteiger partial charge >= 0.3 is 0 Å². The van der Waals surface area contributed by atoms with Gasteiger partial charge < -0.3 is 13.9 Å². The highest BCUT2D eigenvalue weighted by atomic mass is 32.1. The predicted octanol–water partition coefficient (Wildman–Crippen LogP) is 16.5. The predicted molar refractivity (Wildman–Crippen MR) is 259 cm³/mol. The Morgan fingerprint density at radius 3 is 2.07 bits per heavy atom. The molecule has 0 spiro atoms. The smallest absolute Gasteiger partial charge is 0.138 e. The maximum absolute atomic E-state index is 6.81. The molecule has 0 fully saturated rings. The summed E-state index contributed by atoms with van der Waals surface area (Å²) in [6.45, 7) is 4.73. The molecule has 0 aliphatic heterocycles. The van der Waals surface area contributed by atoms with E-state index in [0.29, 0.717) is 0 Å². The third kappa shape index (κ3) is 4.97. The second-order valence-corrected chi connectivity index (χ2v) is 18.0. The molecule has 0 unspecified atom stereocenters. The van der Waals surface area contributed by atoms with Crippen LogP contribution in [0.3, 0.4) is 0 Å². The molecule has 0 saturated carbocycles. The number of anilines is 3. The molecule has 288 valence electrons. The quantitative estimate of drug-likeness (QED) is 0.173. The first kappa shape index (κ1) is 34.5. The van der Waals surface area contributed by atoms with Gasteiger partial charge in [-0.05, 0) is 101 Å². The Labute approximate surface area is 357 Å². The molecule has 4 heteroatoms. The fourth-order valence-electron chi connectivity index (χ4n) is 10.4. The van der Waals surface area contributed by atoms with Gasteiger partial charge in [-0.3, -0.25) is 0 Å². The third-order valence-corrected chi connectivity index (χ3v) is 14.3. The number of hydrogen-bond donors (Lipinski definition) is 0. The van der Waals surface area contributed by atoms with Gasteiger partial charge in [0.2, 0.25) is 0 Å². The summed E-state index contributed by atoms with van der Waals surface area (Å²) in [5, 5.41) is 7.29. The summed E-state index contributed by atoms with van der Waals surface area (Å²) in [7, 11) is 0. The van der Waals surface area contributed by atoms with E-state index in [2.05, 4.69) is 217 Å². The third-order valence-electron chi connectivity index (χ3n) is 13.2. The highest BCUT2D eigenvalue weighted by Gasteiger charge is 2.36. The Kier molecular flexibility index (Phi) is 7.23. The maximum atomic E-state index is 6.81. The first-order valence-corrected chi connectivity index (χ1v) is 21.8. The van der Waals surface area contributed by atoms with Crippen molar-refractivity contribution in [3.05, 3.63) is 205 Å². The minimum atomic E-state index is -0.131. The second kappa shape index (κ2) is 12.8. The van der Waals surface area contributed by atoms with Crippen LogP contribution in [0.1, 0.15) is 25.0 Å². The highest BCUT2D eigenvalue weighted by Crippen LogP contribution is 2.52. The van der Waals surface area contributed by atoms with Crippen molar-refractivity contribution in [2.75, 3.05) is 4.90 Å². The van der Waals surface area contributed by atoms with Crippen LogP contribution in [0.25, 0.3) is 91.9 Å². The molecule has 3 aromatic heterocycles. The molecule has 0 N–H and O–H groups in total. The van der Waals surface area contributed by atoms with E-state index in [1.165, 1.54) is 64.3 Å². The van der Waals surface area contributed by atoms with Crippen LogP contribution >= 0.6 is 11.3 Å². The summed E-state index contributed by atoms with van der Waals surface area (Å²) < 4.78 is 11.8. The van der Waals surface area contributed by atoms with Crippen molar-refractivity contribution in [1.82, 2.24) is 4.57 Å². The van der Waals surface area contributed by atoms with Gasteiger partial charge in [-0.25, -0.2) is 0 Å². The van der Waals surface area contributed by atoms with Crippen molar-refractivity contribution >= 4 is 92.3 Å². The Morgan fingerprint density at radius 2 is 1.16 bits per heavy atom. The monoisotopic (exact) mass is 798 g/mol. The van der Waals surface area contributed by atoms with Crippen LogP contribution in [0.2, 0.25) is 0 Å². The molecule has 13 rings (SSSR count). The molecular formula is C57H38N2OS. The van der Waals surface area contributed by atoms with Crippen molar-refractivity contribution in [3.63, 3.8) is 0 Å². The number of aromatic nitrogens is 1. The van der Waals surface area contributed by atoms with Crippen molar-refractivity contribution in [2.45, 2.75) is 19.3 Å². The Morgan fingerprint density at radius 1 is 0.459 bits per heavy atom. The van der Waals surface area contributed by atoms with E-state index in [1.807, 2.05) is 11.3 Å². The average molecular weight is 799 g/mol. The first-order valence-electron chi connectivity index (χ1n) is 21.0. The first-order chi connectivity index (χ1) is 30.0. The normalized spacial score (nSPS) is 13.2. The molecule has 3 nitrogen and oxygen atoms in total. The minimum absolute atomic E-state index is 0.131. The lowest BCUT2D eigenvalue weighted by molar-refractivity contribution is 0.660. The van der Waals surface area contributed by atoms with E-state index in [4.69, 9.17) is 4.42 Å². The van der Waals surface area contributed by atoms with Gasteiger partial charge in [-0.2, -0.15) is 0 Å². The summed E-state index contributed by atoms with van der Waals surface area (Å²) in [6.07, 6.45) is 0. The lowest BCUT2D eigenvalue weighted by Gasteiger charge is -2.26. The van der Waals surface area contributed by atoms with Crippen LogP contribution in [0.15, 0.2) is 199 Å². The zero-order valence-corrected chi connectivity index (χ0v) is 34.5. The summed E-state index contributed by atoms with van der Waals surface area (Å²) in [4.78, 5) is 2.39. The van der Waals surface area contributed by atoms with E-state index >= 15 is 0 Å². The number of furan rings is 1. The summed E-state index contributed by atoms with van der Waals surface area (Å²) in [5.41, 5.74) is 16.1. The van der Waals surface area contributed by atoms with Gasteiger partial charge in [0.1, 0.15) is 11.2 Å². The van der Waals surface area contributed by atoms with E-state index in [9.17, 15) is 0 Å². The van der Waals surface area contributed by atoms with E-state index in [-0.39, 0.29) is 5.41 Å². The SMILES string of the molecule is CC1(C)c2ccccc2-c2ccc(-c3c4c(cc5c3c3ccccc3n5-c3cccc(N(c5ccccc5)c5ccc6sc7ccccc7c6c5)c3)oc3ccccc34)cc21. The molecule has 0 atom stereocenters. The van der Waals surface area contributed by atoms with Gasteiger partial charge in [-0.1, -0.05) is 129 Å². The topological polar surface area (TPSA) is 21.3 Å². The molecule has 0 radical (unpaired) electrons. The van der Waals surface area contributed by atoms with Gasteiger partial charge in [-0.15, -0.1) is 11.3 Å².